The first-order chi connectivity index (χ1) is 33.3. The molecule has 0 aliphatic carbocycles. The van der Waals surface area contributed by atoms with E-state index in [1.54, 1.807) is 0 Å². The SMILES string of the molecule is O=c1c(O)c(-c2ccc(O)cc2)oc2cc(O)cc(O)c12.O=c1c(O)c(-c2ccc(O)cc2)oc2cc(OP(=O)(O)O)cc(O)c12.O=c1c(O)c(-c2ccc(OP(=O)(O)O)cc2)oc2cc(O)cc(O)c12. The number of phosphoric ester groups is 2. The third kappa shape index (κ3) is 10.9. The highest BCUT2D eigenvalue weighted by molar-refractivity contribution is 7.47. The van der Waals surface area contributed by atoms with Crippen LogP contribution in [0.2, 0.25) is 0 Å². The van der Waals surface area contributed by atoms with Gasteiger partial charge in [0.25, 0.3) is 0 Å². The standard InChI is InChI=1S/2C15H11O9P.C15H10O6/c16-8-5-10(17)12-11(6-8)23-15(14(19)13(12)18)7-1-3-9(4-2-7)24-25(20,21)22;16-8-3-1-7(2-4-8)15-14(19)13(18)12-10(17)5-9(6-11(12)23-15)24-25(20,21)22;16-8-3-1-7(2-4-8)15-14(20)13(19)12-10(18)5-9(17)6-11(12)21-15/h2*1-6,16-17,19H,(H2,20,21,22);1-6,16-18,20H. The van der Waals surface area contributed by atoms with E-state index in [0.717, 1.165) is 30.3 Å². The molecule has 0 atom stereocenters. The smallest absolute Gasteiger partial charge is 0.508 e. The van der Waals surface area contributed by atoms with Crippen molar-refractivity contribution in [3.8, 4) is 103 Å². The lowest BCUT2D eigenvalue weighted by atomic mass is 10.1. The molecule has 0 saturated carbocycles. The van der Waals surface area contributed by atoms with Crippen molar-refractivity contribution in [3.63, 3.8) is 0 Å². The van der Waals surface area contributed by atoms with Crippen molar-refractivity contribution in [1.29, 1.82) is 0 Å². The van der Waals surface area contributed by atoms with E-state index >= 15 is 0 Å². The van der Waals surface area contributed by atoms with Gasteiger partial charge in [-0.2, -0.15) is 0 Å². The maximum absolute atomic E-state index is 12.3. The number of phenolic OH excluding ortho intramolecular Hbond substituents is 7. The molecule has 24 nitrogen and oxygen atoms in total. The van der Waals surface area contributed by atoms with Crippen molar-refractivity contribution in [1.82, 2.24) is 0 Å². The Bertz CT molecular complexity index is 3810. The third-order valence-electron chi connectivity index (χ3n) is 9.62. The van der Waals surface area contributed by atoms with Gasteiger partial charge in [0, 0.05) is 53.1 Å². The fourth-order valence-electron chi connectivity index (χ4n) is 6.62. The molecule has 0 unspecified atom stereocenters. The molecule has 0 amide bonds. The summed E-state index contributed by atoms with van der Waals surface area (Å²) in [5.74, 6) is -5.68. The fourth-order valence-corrected chi connectivity index (χ4v) is 7.40. The van der Waals surface area contributed by atoms with Gasteiger partial charge >= 0.3 is 15.6 Å². The van der Waals surface area contributed by atoms with E-state index in [2.05, 4.69) is 9.05 Å². The Kier molecular flexibility index (Phi) is 13.4. The molecule has 3 aromatic heterocycles. The maximum atomic E-state index is 12.3. The Morgan fingerprint density at radius 2 is 0.648 bits per heavy atom. The van der Waals surface area contributed by atoms with Crippen molar-refractivity contribution >= 4 is 48.6 Å². The van der Waals surface area contributed by atoms with Gasteiger partial charge in [0.15, 0.2) is 17.3 Å². The average Bonchev–Trinajstić information content (AvgIpc) is 3.27. The lowest BCUT2D eigenvalue weighted by Crippen LogP contribution is -2.03. The Hall–Kier alpha value is -9.15. The van der Waals surface area contributed by atoms with E-state index in [4.69, 9.17) is 32.8 Å². The zero-order valence-electron chi connectivity index (χ0n) is 35.1. The minimum absolute atomic E-state index is 0.0247. The van der Waals surface area contributed by atoms with Gasteiger partial charge in [0.1, 0.15) is 84.7 Å². The number of fused-ring (bicyclic) bond motifs is 3. The second-order valence-electron chi connectivity index (χ2n) is 14.6. The maximum Gasteiger partial charge on any atom is 0.524 e. The summed E-state index contributed by atoms with van der Waals surface area (Å²) in [5, 5.41) is 96.1. The van der Waals surface area contributed by atoms with Gasteiger partial charge in [-0.1, -0.05) is 0 Å². The topological polar surface area (TPSA) is 426 Å². The first-order valence-corrected chi connectivity index (χ1v) is 22.5. The van der Waals surface area contributed by atoms with Gasteiger partial charge in [-0.25, -0.2) is 9.13 Å². The highest BCUT2D eigenvalue weighted by Crippen LogP contribution is 2.43. The summed E-state index contributed by atoms with van der Waals surface area (Å²) in [6, 6.07) is 22.1. The van der Waals surface area contributed by atoms with Crippen LogP contribution in [0.4, 0.5) is 0 Å². The number of phenols is 7. The zero-order chi connectivity index (χ0) is 51.9. The summed E-state index contributed by atoms with van der Waals surface area (Å²) in [4.78, 5) is 71.8. The second kappa shape index (κ2) is 19.1. The largest absolute Gasteiger partial charge is 0.524 e. The summed E-state index contributed by atoms with van der Waals surface area (Å²) in [7, 11) is -9.60. The van der Waals surface area contributed by atoms with Gasteiger partial charge in [-0.15, -0.1) is 0 Å². The molecule has 0 spiro atoms. The van der Waals surface area contributed by atoms with Gasteiger partial charge in [0.05, 0.1) is 0 Å². The third-order valence-corrected chi connectivity index (χ3v) is 10.5. The average molecular weight is 1020 g/mol. The molecule has 9 aromatic rings. The molecule has 26 heteroatoms. The lowest BCUT2D eigenvalue weighted by Gasteiger charge is -2.10. The molecule has 14 N–H and O–H groups in total. The molecule has 0 radical (unpaired) electrons. The van der Waals surface area contributed by atoms with Crippen LogP contribution in [0.15, 0.2) is 137 Å². The van der Waals surface area contributed by atoms with Crippen LogP contribution in [0.1, 0.15) is 0 Å². The molecule has 0 saturated heterocycles. The summed E-state index contributed by atoms with van der Waals surface area (Å²) >= 11 is 0. The monoisotopic (exact) mass is 1020 g/mol. The van der Waals surface area contributed by atoms with Crippen LogP contribution in [-0.2, 0) is 9.13 Å². The van der Waals surface area contributed by atoms with E-state index in [-0.39, 0.29) is 90.1 Å². The molecule has 3 heterocycles. The first-order valence-electron chi connectivity index (χ1n) is 19.4. The Morgan fingerprint density at radius 1 is 0.352 bits per heavy atom. The fraction of sp³-hybridized carbons (Fsp3) is 0. The van der Waals surface area contributed by atoms with Crippen molar-refractivity contribution < 1.29 is 102 Å². The molecular formula is C45H32O24P2. The number of rotatable bonds is 7. The van der Waals surface area contributed by atoms with Crippen LogP contribution in [-0.4, -0.2) is 70.6 Å². The molecular weight excluding hydrogens is 986 g/mol. The number of hydrogen-bond donors (Lipinski definition) is 14. The van der Waals surface area contributed by atoms with Crippen LogP contribution < -0.4 is 25.3 Å². The number of benzene rings is 6. The number of phosphoric acid groups is 2. The minimum atomic E-state index is -4.89. The van der Waals surface area contributed by atoms with E-state index in [1.165, 1.54) is 78.9 Å². The van der Waals surface area contributed by atoms with Crippen molar-refractivity contribution in [2.45, 2.75) is 0 Å². The van der Waals surface area contributed by atoms with E-state index in [1.807, 2.05) is 0 Å². The van der Waals surface area contributed by atoms with Gasteiger partial charge in [-0.05, 0) is 72.8 Å². The molecule has 0 aliphatic rings. The van der Waals surface area contributed by atoms with E-state index < -0.39 is 72.2 Å². The predicted octanol–water partition coefficient (Wildman–Crippen LogP) is 6.38. The van der Waals surface area contributed by atoms with Crippen molar-refractivity contribution in [2.24, 2.45) is 0 Å². The van der Waals surface area contributed by atoms with Crippen molar-refractivity contribution in [2.75, 3.05) is 0 Å². The van der Waals surface area contributed by atoms with E-state index in [0.29, 0.717) is 5.56 Å². The first kappa shape index (κ1) is 49.7. The molecule has 6 aromatic carbocycles. The lowest BCUT2D eigenvalue weighted by molar-refractivity contribution is 0.280. The summed E-state index contributed by atoms with van der Waals surface area (Å²) in [6.45, 7) is 0. The van der Waals surface area contributed by atoms with Crippen LogP contribution >= 0.6 is 15.6 Å². The minimum Gasteiger partial charge on any atom is -0.508 e. The highest BCUT2D eigenvalue weighted by Gasteiger charge is 2.24. The van der Waals surface area contributed by atoms with Gasteiger partial charge in [0.2, 0.25) is 33.5 Å². The van der Waals surface area contributed by atoms with Crippen molar-refractivity contribution in [3.05, 3.63) is 140 Å². The second-order valence-corrected chi connectivity index (χ2v) is 16.9. The quantitative estimate of drug-likeness (QED) is 0.0770. The predicted molar refractivity (Wildman–Crippen MR) is 246 cm³/mol. The zero-order valence-corrected chi connectivity index (χ0v) is 36.9. The highest BCUT2D eigenvalue weighted by atomic mass is 31.2. The molecule has 0 fully saturated rings. The van der Waals surface area contributed by atoms with Crippen LogP contribution in [0.25, 0.3) is 66.9 Å². The molecule has 366 valence electrons. The Balaban J connectivity index is 0.000000157. The molecule has 9 rings (SSSR count). The van der Waals surface area contributed by atoms with Gasteiger partial charge in [-0.3, -0.25) is 34.0 Å². The van der Waals surface area contributed by atoms with Crippen LogP contribution in [0.5, 0.6) is 69.0 Å². The molecule has 71 heavy (non-hydrogen) atoms. The van der Waals surface area contributed by atoms with Gasteiger partial charge < -0.3 is 73.4 Å². The van der Waals surface area contributed by atoms with E-state index in [9.17, 15) is 74.6 Å². The normalized spacial score (nSPS) is 11.4. The van der Waals surface area contributed by atoms with Crippen LogP contribution in [0.3, 0.4) is 0 Å². The summed E-state index contributed by atoms with van der Waals surface area (Å²) in [6.07, 6.45) is 0. The Morgan fingerprint density at radius 3 is 0.986 bits per heavy atom. The molecule has 0 aliphatic heterocycles. The number of aromatic hydroxyl groups is 10. The Labute approximate surface area is 392 Å². The molecule has 0 bridgehead atoms. The van der Waals surface area contributed by atoms with Crippen LogP contribution in [0, 0.1) is 0 Å². The number of hydrogen-bond acceptors (Lipinski definition) is 20. The summed E-state index contributed by atoms with van der Waals surface area (Å²) < 4.78 is 46.7. The summed E-state index contributed by atoms with van der Waals surface area (Å²) in [5.41, 5.74) is -2.27.